The van der Waals surface area contributed by atoms with Crippen LogP contribution in [-0.2, 0) is 7.05 Å². The van der Waals surface area contributed by atoms with Crippen LogP contribution in [0.15, 0.2) is 0 Å². The summed E-state index contributed by atoms with van der Waals surface area (Å²) in [6, 6.07) is 0. The van der Waals surface area contributed by atoms with Crippen LogP contribution < -0.4 is 0 Å². The summed E-state index contributed by atoms with van der Waals surface area (Å²) in [5.74, 6) is 0. The molecule has 0 saturated carbocycles. The zero-order valence-corrected chi connectivity index (χ0v) is 9.34. The molecule has 0 atom stereocenters. The second kappa shape index (κ2) is 2.80. The lowest BCUT2D eigenvalue weighted by molar-refractivity contribution is 0.747. The first-order valence-corrected chi connectivity index (χ1v) is 4.79. The molecule has 0 aromatic carbocycles. The van der Waals surface area contributed by atoms with Gasteiger partial charge >= 0.3 is 0 Å². The zero-order chi connectivity index (χ0) is 10.5. The van der Waals surface area contributed by atoms with E-state index in [1.807, 2.05) is 18.7 Å². The predicted molar refractivity (Wildman–Crippen MR) is 57.5 cm³/mol. The standard InChI is InChI=1S/C11H15N3/c1-6-7(2)10-9(4)14(5)13-11(10)12-8(6)3/h1-5H3. The molecule has 0 aliphatic carbocycles. The number of fused-ring (bicyclic) bond motifs is 1. The van der Waals surface area contributed by atoms with Gasteiger partial charge in [0, 0.05) is 23.8 Å². The molecule has 0 aliphatic heterocycles. The first-order chi connectivity index (χ1) is 6.52. The Morgan fingerprint density at radius 3 is 2.29 bits per heavy atom. The fraction of sp³-hybridized carbons (Fsp3) is 0.455. The Bertz CT molecular complexity index is 509. The van der Waals surface area contributed by atoms with Crippen LogP contribution in [0.25, 0.3) is 11.0 Å². The molecule has 74 valence electrons. The van der Waals surface area contributed by atoms with Gasteiger partial charge in [0.05, 0.1) is 0 Å². The summed E-state index contributed by atoms with van der Waals surface area (Å²) in [5.41, 5.74) is 5.71. The third-order valence-electron chi connectivity index (χ3n) is 3.07. The zero-order valence-electron chi connectivity index (χ0n) is 9.34. The summed E-state index contributed by atoms with van der Waals surface area (Å²) in [4.78, 5) is 4.49. The summed E-state index contributed by atoms with van der Waals surface area (Å²) in [5, 5.41) is 5.59. The fourth-order valence-electron chi connectivity index (χ4n) is 1.81. The molecule has 0 fully saturated rings. The van der Waals surface area contributed by atoms with Gasteiger partial charge in [0.2, 0.25) is 0 Å². The van der Waals surface area contributed by atoms with E-state index < -0.39 is 0 Å². The van der Waals surface area contributed by atoms with Gasteiger partial charge in [-0.15, -0.1) is 0 Å². The topological polar surface area (TPSA) is 30.7 Å². The summed E-state index contributed by atoms with van der Waals surface area (Å²) in [6.07, 6.45) is 0. The average Bonchev–Trinajstić information content (AvgIpc) is 2.39. The van der Waals surface area contributed by atoms with Gasteiger partial charge in [-0.2, -0.15) is 5.10 Å². The Morgan fingerprint density at radius 2 is 1.64 bits per heavy atom. The molecule has 3 nitrogen and oxygen atoms in total. The Labute approximate surface area is 83.8 Å². The molecular formula is C11H15N3. The first kappa shape index (κ1) is 9.19. The van der Waals surface area contributed by atoms with Crippen molar-refractivity contribution < 1.29 is 0 Å². The van der Waals surface area contributed by atoms with Gasteiger partial charge < -0.3 is 0 Å². The summed E-state index contributed by atoms with van der Waals surface area (Å²) in [7, 11) is 1.96. The lowest BCUT2D eigenvalue weighted by atomic mass is 10.1. The van der Waals surface area contributed by atoms with Crippen LogP contribution in [0.3, 0.4) is 0 Å². The van der Waals surface area contributed by atoms with Gasteiger partial charge in [0.1, 0.15) is 0 Å². The lowest BCUT2D eigenvalue weighted by Gasteiger charge is -2.04. The normalized spacial score (nSPS) is 11.2. The van der Waals surface area contributed by atoms with Crippen LogP contribution in [0.2, 0.25) is 0 Å². The molecule has 2 aromatic heterocycles. The summed E-state index contributed by atoms with van der Waals surface area (Å²) < 4.78 is 1.89. The molecular weight excluding hydrogens is 174 g/mol. The molecule has 0 saturated heterocycles. The predicted octanol–water partition coefficient (Wildman–Crippen LogP) is 2.20. The maximum atomic E-state index is 4.49. The minimum absolute atomic E-state index is 0.866. The van der Waals surface area contributed by atoms with Crippen molar-refractivity contribution >= 4 is 11.0 Å². The molecule has 14 heavy (non-hydrogen) atoms. The second-order valence-electron chi connectivity index (χ2n) is 3.85. The number of aryl methyl sites for hydroxylation is 4. The van der Waals surface area contributed by atoms with Crippen molar-refractivity contribution in [2.24, 2.45) is 7.05 Å². The SMILES string of the molecule is Cc1nc2nn(C)c(C)c2c(C)c1C. The van der Waals surface area contributed by atoms with Crippen LogP contribution in [0.4, 0.5) is 0 Å². The average molecular weight is 189 g/mol. The molecule has 0 N–H and O–H groups in total. The smallest absolute Gasteiger partial charge is 0.181 e. The fourth-order valence-corrected chi connectivity index (χ4v) is 1.81. The monoisotopic (exact) mass is 189 g/mol. The van der Waals surface area contributed by atoms with Crippen LogP contribution >= 0.6 is 0 Å². The molecule has 0 radical (unpaired) electrons. The third-order valence-corrected chi connectivity index (χ3v) is 3.07. The van der Waals surface area contributed by atoms with Gasteiger partial charge in [-0.3, -0.25) is 4.68 Å². The van der Waals surface area contributed by atoms with Crippen molar-refractivity contribution in [3.05, 3.63) is 22.5 Å². The Kier molecular flexibility index (Phi) is 1.84. The van der Waals surface area contributed by atoms with E-state index in [2.05, 4.69) is 30.9 Å². The maximum Gasteiger partial charge on any atom is 0.181 e. The van der Waals surface area contributed by atoms with Crippen LogP contribution in [0.1, 0.15) is 22.5 Å². The minimum atomic E-state index is 0.866. The summed E-state index contributed by atoms with van der Waals surface area (Å²) in [6.45, 7) is 8.37. The number of pyridine rings is 1. The molecule has 3 heteroatoms. The number of rotatable bonds is 0. The van der Waals surface area contributed by atoms with Crippen LogP contribution in [-0.4, -0.2) is 14.8 Å². The highest BCUT2D eigenvalue weighted by atomic mass is 15.3. The minimum Gasteiger partial charge on any atom is -0.270 e. The van der Waals surface area contributed by atoms with E-state index in [1.54, 1.807) is 0 Å². The van der Waals surface area contributed by atoms with E-state index in [1.165, 1.54) is 22.2 Å². The Balaban J connectivity index is 2.99. The highest BCUT2D eigenvalue weighted by molar-refractivity contribution is 5.82. The highest BCUT2D eigenvalue weighted by Gasteiger charge is 2.11. The Morgan fingerprint density at radius 1 is 1.00 bits per heavy atom. The molecule has 0 amide bonds. The van der Waals surface area contributed by atoms with Gasteiger partial charge in [0.25, 0.3) is 0 Å². The van der Waals surface area contributed by atoms with E-state index in [-0.39, 0.29) is 0 Å². The number of nitrogens with zero attached hydrogens (tertiary/aromatic N) is 3. The molecule has 0 unspecified atom stereocenters. The first-order valence-electron chi connectivity index (χ1n) is 4.79. The molecule has 0 spiro atoms. The maximum absolute atomic E-state index is 4.49. The highest BCUT2D eigenvalue weighted by Crippen LogP contribution is 2.23. The number of aromatic nitrogens is 3. The van der Waals surface area contributed by atoms with Crippen molar-refractivity contribution in [2.45, 2.75) is 27.7 Å². The Hall–Kier alpha value is -1.38. The quantitative estimate of drug-likeness (QED) is 0.636. The number of hydrogen-bond acceptors (Lipinski definition) is 2. The van der Waals surface area contributed by atoms with E-state index in [9.17, 15) is 0 Å². The van der Waals surface area contributed by atoms with Crippen LogP contribution in [0, 0.1) is 27.7 Å². The van der Waals surface area contributed by atoms with Gasteiger partial charge in [-0.1, -0.05) is 0 Å². The number of hydrogen-bond donors (Lipinski definition) is 0. The molecule has 0 aliphatic rings. The molecule has 0 bridgehead atoms. The van der Waals surface area contributed by atoms with Crippen molar-refractivity contribution in [1.82, 2.24) is 14.8 Å². The third kappa shape index (κ3) is 1.05. The van der Waals surface area contributed by atoms with Crippen molar-refractivity contribution in [3.8, 4) is 0 Å². The van der Waals surface area contributed by atoms with E-state index in [0.717, 1.165) is 11.3 Å². The van der Waals surface area contributed by atoms with Gasteiger partial charge in [0.15, 0.2) is 5.65 Å². The van der Waals surface area contributed by atoms with E-state index in [0.29, 0.717) is 0 Å². The van der Waals surface area contributed by atoms with E-state index in [4.69, 9.17) is 0 Å². The van der Waals surface area contributed by atoms with E-state index >= 15 is 0 Å². The molecule has 2 aromatic rings. The lowest BCUT2D eigenvalue weighted by Crippen LogP contribution is -1.92. The molecule has 2 heterocycles. The van der Waals surface area contributed by atoms with Gasteiger partial charge in [-0.05, 0) is 38.8 Å². The van der Waals surface area contributed by atoms with Crippen molar-refractivity contribution in [1.29, 1.82) is 0 Å². The largest absolute Gasteiger partial charge is 0.270 e. The summed E-state index contributed by atoms with van der Waals surface area (Å²) >= 11 is 0. The second-order valence-corrected chi connectivity index (χ2v) is 3.85. The van der Waals surface area contributed by atoms with Crippen molar-refractivity contribution in [3.63, 3.8) is 0 Å². The van der Waals surface area contributed by atoms with Crippen molar-refractivity contribution in [2.75, 3.05) is 0 Å². The van der Waals surface area contributed by atoms with Gasteiger partial charge in [-0.25, -0.2) is 4.98 Å². The van der Waals surface area contributed by atoms with Crippen LogP contribution in [0.5, 0.6) is 0 Å². The molecule has 2 rings (SSSR count).